The topological polar surface area (TPSA) is 136 Å². The van der Waals surface area contributed by atoms with Crippen LogP contribution in [0.1, 0.15) is 29.3 Å². The van der Waals surface area contributed by atoms with Crippen molar-refractivity contribution in [1.82, 2.24) is 10.0 Å². The Morgan fingerprint density at radius 1 is 1.21 bits per heavy atom. The molecule has 0 radical (unpaired) electrons. The molecule has 0 saturated heterocycles. The fraction of sp³-hybridized carbons (Fsp3) is 0.158. The van der Waals surface area contributed by atoms with Crippen LogP contribution < -0.4 is 15.8 Å². The van der Waals surface area contributed by atoms with Crippen LogP contribution in [0.25, 0.3) is 5.57 Å². The first-order valence-electron chi connectivity index (χ1n) is 8.51. The largest absolute Gasteiger partial charge is 0.549 e. The zero-order valence-electron chi connectivity index (χ0n) is 15.0. The van der Waals surface area contributed by atoms with E-state index in [1.807, 2.05) is 6.92 Å². The third kappa shape index (κ3) is 3.36. The molecule has 144 valence electrons. The van der Waals surface area contributed by atoms with Crippen molar-refractivity contribution in [3.8, 4) is 0 Å². The minimum Gasteiger partial charge on any atom is -0.433 e. The molecule has 2 aromatic carbocycles. The Morgan fingerprint density at radius 2 is 1.86 bits per heavy atom. The van der Waals surface area contributed by atoms with Gasteiger partial charge in [0.2, 0.25) is 0 Å². The molecular weight excluding hydrogens is 364 g/mol. The number of quaternary nitrogens is 1. The van der Waals surface area contributed by atoms with E-state index in [-0.39, 0.29) is 17.3 Å². The van der Waals surface area contributed by atoms with Crippen LogP contribution in [0, 0.1) is 10.1 Å². The smallest absolute Gasteiger partial charge is 0.433 e. The number of carboxylic acid groups (broad SMARTS) is 1. The average molecular weight is 383 g/mol. The molecule has 1 heterocycles. The summed E-state index contributed by atoms with van der Waals surface area (Å²) >= 11 is 0. The lowest BCUT2D eigenvalue weighted by Crippen LogP contribution is -2.60. The quantitative estimate of drug-likeness (QED) is 0.422. The van der Waals surface area contributed by atoms with Gasteiger partial charge in [-0.15, -0.1) is 0 Å². The van der Waals surface area contributed by atoms with Gasteiger partial charge in [0.05, 0.1) is 4.92 Å². The molecule has 0 bridgehead atoms. The molecule has 9 nitrogen and oxygen atoms in total. The number of nitro groups is 1. The van der Waals surface area contributed by atoms with Crippen LogP contribution in [0.2, 0.25) is 0 Å². The maximum Gasteiger partial charge on any atom is 0.549 e. The number of nitrogens with zero attached hydrogens (tertiary/aromatic N) is 2. The number of nitrogens with one attached hydrogen (secondary N) is 1. The molecule has 0 spiro atoms. The van der Waals surface area contributed by atoms with E-state index in [0.29, 0.717) is 17.7 Å². The summed E-state index contributed by atoms with van der Waals surface area (Å²) in [6.45, 7) is 1.81. The SMILES string of the molecule is C[C@@H](N)CC1=C[N+](NC(=O)c2ccc([N+](=O)[O-])cc2)(C(=O)O)c2ccccc21. The van der Waals surface area contributed by atoms with Crippen LogP contribution in [-0.4, -0.2) is 28.1 Å². The van der Waals surface area contributed by atoms with E-state index in [4.69, 9.17) is 5.73 Å². The van der Waals surface area contributed by atoms with Crippen molar-refractivity contribution < 1.29 is 19.6 Å². The standard InChI is InChI=1S/C19H18N4O5/c1-12(20)10-14-11-23(19(25)26,17-5-3-2-4-16(14)17)21-18(24)13-6-8-15(9-7-13)22(27)28/h2-9,11-12H,10,20H2,1H3,(H-,21,24,25,26)/p+1/t12-,23?/m1/s1. The monoisotopic (exact) mass is 383 g/mol. The number of benzene rings is 2. The fourth-order valence-electron chi connectivity index (χ4n) is 3.19. The second-order valence-electron chi connectivity index (χ2n) is 6.60. The average Bonchev–Trinajstić information content (AvgIpc) is 2.96. The van der Waals surface area contributed by atoms with Gasteiger partial charge in [0.25, 0.3) is 11.6 Å². The molecule has 0 saturated carbocycles. The molecule has 0 aromatic heterocycles. The highest BCUT2D eigenvalue weighted by Crippen LogP contribution is 2.41. The predicted molar refractivity (Wildman–Crippen MR) is 103 cm³/mol. The first-order valence-corrected chi connectivity index (χ1v) is 8.51. The summed E-state index contributed by atoms with van der Waals surface area (Å²) in [5.41, 5.74) is 10.2. The van der Waals surface area contributed by atoms with Gasteiger partial charge < -0.3 is 10.8 Å². The minimum absolute atomic E-state index is 0.107. The van der Waals surface area contributed by atoms with E-state index in [1.54, 1.807) is 24.3 Å². The number of carbonyl (C=O) groups excluding carboxylic acids is 1. The number of non-ortho nitro benzene ring substituents is 1. The molecule has 3 rings (SSSR count). The molecule has 2 atom stereocenters. The molecule has 2 amide bonds. The Hall–Kier alpha value is -3.56. The van der Waals surface area contributed by atoms with Crippen LogP contribution in [-0.2, 0) is 0 Å². The van der Waals surface area contributed by atoms with Crippen molar-refractivity contribution in [2.75, 3.05) is 0 Å². The van der Waals surface area contributed by atoms with Crippen LogP contribution >= 0.6 is 0 Å². The highest BCUT2D eigenvalue weighted by molar-refractivity contribution is 6.01. The van der Waals surface area contributed by atoms with E-state index >= 15 is 0 Å². The van der Waals surface area contributed by atoms with Crippen molar-refractivity contribution in [3.63, 3.8) is 0 Å². The fourth-order valence-corrected chi connectivity index (χ4v) is 3.19. The summed E-state index contributed by atoms with van der Waals surface area (Å²) in [4.78, 5) is 35.1. The van der Waals surface area contributed by atoms with E-state index in [9.17, 15) is 24.8 Å². The van der Waals surface area contributed by atoms with Crippen LogP contribution in [0.3, 0.4) is 0 Å². The Labute approximate surface area is 160 Å². The van der Waals surface area contributed by atoms with E-state index in [2.05, 4.69) is 5.43 Å². The summed E-state index contributed by atoms with van der Waals surface area (Å²) in [6, 6.07) is 11.6. The second kappa shape index (κ2) is 7.22. The number of nitrogens with two attached hydrogens (primary N) is 1. The van der Waals surface area contributed by atoms with Crippen molar-refractivity contribution in [2.45, 2.75) is 19.4 Å². The van der Waals surface area contributed by atoms with Gasteiger partial charge >= 0.3 is 6.09 Å². The normalized spacial score (nSPS) is 18.7. The van der Waals surface area contributed by atoms with Gasteiger partial charge in [-0.1, -0.05) is 16.7 Å². The molecular formula is C19H19N4O5+. The summed E-state index contributed by atoms with van der Waals surface area (Å²) in [5.74, 6) is -0.676. The summed E-state index contributed by atoms with van der Waals surface area (Å²) < 4.78 is -0.909. The summed E-state index contributed by atoms with van der Waals surface area (Å²) in [5, 5.41) is 20.7. The number of nitro benzene ring substituents is 1. The Kier molecular flexibility index (Phi) is 4.95. The number of para-hydroxylation sites is 1. The Balaban J connectivity index is 2.01. The maximum absolute atomic E-state index is 12.7. The molecule has 0 fully saturated rings. The lowest BCUT2D eigenvalue weighted by molar-refractivity contribution is -0.384. The predicted octanol–water partition coefficient (Wildman–Crippen LogP) is 3.02. The van der Waals surface area contributed by atoms with Gasteiger partial charge in [0.1, 0.15) is 6.20 Å². The van der Waals surface area contributed by atoms with Gasteiger partial charge in [-0.2, -0.15) is 10.2 Å². The number of fused-ring (bicyclic) bond motifs is 1. The Bertz CT molecular complexity index is 984. The highest BCUT2D eigenvalue weighted by atomic mass is 16.6. The number of amides is 2. The number of rotatable bonds is 4. The van der Waals surface area contributed by atoms with Crippen molar-refractivity contribution in [3.05, 3.63) is 76.0 Å². The lowest BCUT2D eigenvalue weighted by Gasteiger charge is -2.25. The highest BCUT2D eigenvalue weighted by Gasteiger charge is 2.48. The van der Waals surface area contributed by atoms with E-state index < -0.39 is 21.5 Å². The first kappa shape index (κ1) is 19.2. The van der Waals surface area contributed by atoms with Crippen LogP contribution in [0.15, 0.2) is 54.7 Å². The zero-order valence-corrected chi connectivity index (χ0v) is 15.0. The molecule has 2 aromatic rings. The minimum atomic E-state index is -1.29. The number of hydrogen-bond acceptors (Lipinski definition) is 5. The van der Waals surface area contributed by atoms with Crippen molar-refractivity contribution in [1.29, 1.82) is 0 Å². The molecule has 1 unspecified atom stereocenters. The molecule has 9 heteroatoms. The van der Waals surface area contributed by atoms with Gasteiger partial charge in [0, 0.05) is 40.9 Å². The number of carbonyl (C=O) groups is 2. The molecule has 1 aliphatic rings. The molecule has 4 N–H and O–H groups in total. The van der Waals surface area contributed by atoms with Gasteiger partial charge in [-0.25, -0.2) is 0 Å². The third-order valence-electron chi connectivity index (χ3n) is 4.44. The number of hydrogen-bond donors (Lipinski definition) is 3. The lowest BCUT2D eigenvalue weighted by atomic mass is 10.0. The van der Waals surface area contributed by atoms with E-state index in [0.717, 1.165) is 5.57 Å². The summed E-state index contributed by atoms with van der Waals surface area (Å²) in [7, 11) is 0. The second-order valence-corrected chi connectivity index (χ2v) is 6.60. The maximum atomic E-state index is 12.7. The zero-order chi connectivity index (χ0) is 20.5. The molecule has 0 aliphatic carbocycles. The first-order chi connectivity index (χ1) is 13.2. The van der Waals surface area contributed by atoms with Crippen molar-refractivity contribution in [2.24, 2.45) is 5.73 Å². The van der Waals surface area contributed by atoms with Gasteiger partial charge in [-0.3, -0.25) is 14.9 Å². The third-order valence-corrected chi connectivity index (χ3v) is 4.44. The van der Waals surface area contributed by atoms with Gasteiger partial charge in [0.15, 0.2) is 5.69 Å². The van der Waals surface area contributed by atoms with Gasteiger partial charge in [-0.05, 0) is 31.5 Å². The van der Waals surface area contributed by atoms with Crippen LogP contribution in [0.4, 0.5) is 16.2 Å². The van der Waals surface area contributed by atoms with Crippen molar-refractivity contribution >= 4 is 28.9 Å². The van der Waals surface area contributed by atoms with E-state index in [1.165, 1.54) is 30.5 Å². The molecule has 1 aliphatic heterocycles. The summed E-state index contributed by atoms with van der Waals surface area (Å²) in [6.07, 6.45) is 0.611. The van der Waals surface area contributed by atoms with Crippen LogP contribution in [0.5, 0.6) is 0 Å². The molecule has 28 heavy (non-hydrogen) atoms. The Morgan fingerprint density at radius 3 is 2.43 bits per heavy atom.